The molecule has 2 rings (SSSR count). The van der Waals surface area contributed by atoms with E-state index >= 15 is 0 Å². The van der Waals surface area contributed by atoms with Gasteiger partial charge in [0.15, 0.2) is 0 Å². The van der Waals surface area contributed by atoms with Crippen LogP contribution in [0.5, 0.6) is 5.75 Å². The lowest BCUT2D eigenvalue weighted by molar-refractivity contribution is 0.137. The molecule has 22 heavy (non-hydrogen) atoms. The van der Waals surface area contributed by atoms with Crippen molar-refractivity contribution in [3.8, 4) is 11.8 Å². The van der Waals surface area contributed by atoms with Crippen LogP contribution in [0.2, 0.25) is 0 Å². The van der Waals surface area contributed by atoms with Gasteiger partial charge in [0.1, 0.15) is 19.0 Å². The fourth-order valence-corrected chi connectivity index (χ4v) is 1.75. The van der Waals surface area contributed by atoms with Gasteiger partial charge in [-0.05, 0) is 23.8 Å². The standard InChI is InChI=1S/C17H16N2O3/c18-12-15-7-4-8-16(11-15)21-10-9-19-17(20)22-13-14-5-2-1-3-6-14/h1-8,11H,9-10,13H2,(H,19,20). The molecule has 5 heteroatoms. The second-order valence-corrected chi connectivity index (χ2v) is 4.48. The Morgan fingerprint density at radius 2 is 1.95 bits per heavy atom. The highest BCUT2D eigenvalue weighted by atomic mass is 16.5. The second-order valence-electron chi connectivity index (χ2n) is 4.48. The molecule has 0 saturated heterocycles. The molecule has 0 aliphatic carbocycles. The van der Waals surface area contributed by atoms with Crippen molar-refractivity contribution in [2.45, 2.75) is 6.61 Å². The van der Waals surface area contributed by atoms with E-state index in [1.165, 1.54) is 0 Å². The van der Waals surface area contributed by atoms with Crippen molar-refractivity contribution in [2.24, 2.45) is 0 Å². The predicted octanol–water partition coefficient (Wildman–Crippen LogP) is 2.86. The van der Waals surface area contributed by atoms with Crippen LogP contribution in [0.25, 0.3) is 0 Å². The number of nitriles is 1. The zero-order valence-electron chi connectivity index (χ0n) is 12.0. The van der Waals surface area contributed by atoms with E-state index in [1.54, 1.807) is 24.3 Å². The summed E-state index contributed by atoms with van der Waals surface area (Å²) in [5.41, 5.74) is 1.47. The first kappa shape index (κ1) is 15.4. The Kier molecular flexibility index (Phi) is 5.82. The first-order chi connectivity index (χ1) is 10.8. The van der Waals surface area contributed by atoms with Gasteiger partial charge in [0.05, 0.1) is 18.2 Å². The molecular weight excluding hydrogens is 280 g/mol. The Bertz CT molecular complexity index is 650. The van der Waals surface area contributed by atoms with Crippen LogP contribution >= 0.6 is 0 Å². The van der Waals surface area contributed by atoms with Crippen LogP contribution in [-0.2, 0) is 11.3 Å². The molecule has 1 amide bonds. The lowest BCUT2D eigenvalue weighted by Gasteiger charge is -2.08. The quantitative estimate of drug-likeness (QED) is 0.832. The zero-order valence-corrected chi connectivity index (χ0v) is 12.0. The minimum Gasteiger partial charge on any atom is -0.492 e. The molecule has 1 N–H and O–H groups in total. The summed E-state index contributed by atoms with van der Waals surface area (Å²) in [5.74, 6) is 0.596. The Labute approximate surface area is 129 Å². The molecule has 0 heterocycles. The van der Waals surface area contributed by atoms with E-state index < -0.39 is 6.09 Å². The molecule has 2 aromatic rings. The van der Waals surface area contributed by atoms with Gasteiger partial charge in [-0.25, -0.2) is 4.79 Å². The summed E-state index contributed by atoms with van der Waals surface area (Å²) < 4.78 is 10.5. The number of carbonyl (C=O) groups excluding carboxylic acids is 1. The van der Waals surface area contributed by atoms with E-state index in [4.69, 9.17) is 14.7 Å². The molecule has 0 aromatic heterocycles. The SMILES string of the molecule is N#Cc1cccc(OCCNC(=O)OCc2ccccc2)c1. The highest BCUT2D eigenvalue weighted by Gasteiger charge is 2.02. The van der Waals surface area contributed by atoms with Gasteiger partial charge in [-0.15, -0.1) is 0 Å². The fraction of sp³-hybridized carbons (Fsp3) is 0.176. The normalized spacial score (nSPS) is 9.59. The summed E-state index contributed by atoms with van der Waals surface area (Å²) in [7, 11) is 0. The lowest BCUT2D eigenvalue weighted by Crippen LogP contribution is -2.28. The maximum Gasteiger partial charge on any atom is 0.407 e. The Hall–Kier alpha value is -3.00. The molecule has 0 bridgehead atoms. The topological polar surface area (TPSA) is 71.3 Å². The molecule has 0 radical (unpaired) electrons. The lowest BCUT2D eigenvalue weighted by atomic mass is 10.2. The predicted molar refractivity (Wildman–Crippen MR) is 81.3 cm³/mol. The molecule has 0 aliphatic rings. The van der Waals surface area contributed by atoms with Gasteiger partial charge < -0.3 is 14.8 Å². The summed E-state index contributed by atoms with van der Waals surface area (Å²) in [6, 6.07) is 18.3. The molecule has 112 valence electrons. The number of rotatable bonds is 6. The van der Waals surface area contributed by atoms with Crippen LogP contribution < -0.4 is 10.1 Å². The van der Waals surface area contributed by atoms with E-state index in [2.05, 4.69) is 5.32 Å². The molecule has 0 aliphatic heterocycles. The summed E-state index contributed by atoms with van der Waals surface area (Å²) in [5, 5.41) is 11.4. The number of ether oxygens (including phenoxy) is 2. The van der Waals surface area contributed by atoms with Crippen molar-refractivity contribution in [3.63, 3.8) is 0 Å². The van der Waals surface area contributed by atoms with Gasteiger partial charge in [-0.1, -0.05) is 36.4 Å². The van der Waals surface area contributed by atoms with Crippen molar-refractivity contribution < 1.29 is 14.3 Å². The fourth-order valence-electron chi connectivity index (χ4n) is 1.75. The van der Waals surface area contributed by atoms with Gasteiger partial charge >= 0.3 is 6.09 Å². The third-order valence-corrected chi connectivity index (χ3v) is 2.82. The Morgan fingerprint density at radius 1 is 1.14 bits per heavy atom. The van der Waals surface area contributed by atoms with E-state index in [1.807, 2.05) is 36.4 Å². The van der Waals surface area contributed by atoms with Gasteiger partial charge in [0.2, 0.25) is 0 Å². The van der Waals surface area contributed by atoms with Crippen molar-refractivity contribution in [2.75, 3.05) is 13.2 Å². The van der Waals surface area contributed by atoms with E-state index in [0.29, 0.717) is 24.5 Å². The van der Waals surface area contributed by atoms with Crippen LogP contribution in [0, 0.1) is 11.3 Å². The number of hydrogen-bond donors (Lipinski definition) is 1. The molecular formula is C17H16N2O3. The van der Waals surface area contributed by atoms with Crippen LogP contribution in [0.1, 0.15) is 11.1 Å². The third-order valence-electron chi connectivity index (χ3n) is 2.82. The minimum atomic E-state index is -0.488. The number of hydrogen-bond acceptors (Lipinski definition) is 4. The maximum absolute atomic E-state index is 11.5. The molecule has 0 unspecified atom stereocenters. The second kappa shape index (κ2) is 8.32. The number of nitrogens with zero attached hydrogens (tertiary/aromatic N) is 1. The van der Waals surface area contributed by atoms with Gasteiger partial charge in [0.25, 0.3) is 0 Å². The van der Waals surface area contributed by atoms with Crippen LogP contribution in [0.3, 0.4) is 0 Å². The Morgan fingerprint density at radius 3 is 2.73 bits per heavy atom. The molecule has 5 nitrogen and oxygen atoms in total. The van der Waals surface area contributed by atoms with Crippen molar-refractivity contribution in [1.82, 2.24) is 5.32 Å². The average molecular weight is 296 g/mol. The molecule has 0 saturated carbocycles. The number of amides is 1. The Balaban J connectivity index is 1.64. The van der Waals surface area contributed by atoms with Gasteiger partial charge in [-0.2, -0.15) is 5.26 Å². The summed E-state index contributed by atoms with van der Waals surface area (Å²) in [6.45, 7) is 0.859. The van der Waals surface area contributed by atoms with E-state index in [0.717, 1.165) is 5.56 Å². The van der Waals surface area contributed by atoms with E-state index in [-0.39, 0.29) is 6.61 Å². The van der Waals surface area contributed by atoms with Gasteiger partial charge in [-0.3, -0.25) is 0 Å². The van der Waals surface area contributed by atoms with Crippen molar-refractivity contribution in [1.29, 1.82) is 5.26 Å². The number of carbonyl (C=O) groups is 1. The monoisotopic (exact) mass is 296 g/mol. The maximum atomic E-state index is 11.5. The summed E-state index contributed by atoms with van der Waals surface area (Å²) in [6.07, 6.45) is -0.488. The zero-order chi connectivity index (χ0) is 15.6. The number of nitrogens with one attached hydrogen (secondary N) is 1. The number of alkyl carbamates (subject to hydrolysis) is 1. The largest absolute Gasteiger partial charge is 0.492 e. The van der Waals surface area contributed by atoms with Crippen LogP contribution in [0.15, 0.2) is 54.6 Å². The first-order valence-electron chi connectivity index (χ1n) is 6.85. The van der Waals surface area contributed by atoms with Crippen LogP contribution in [0.4, 0.5) is 4.79 Å². The van der Waals surface area contributed by atoms with E-state index in [9.17, 15) is 4.79 Å². The summed E-state index contributed by atoms with van der Waals surface area (Å²) in [4.78, 5) is 11.5. The smallest absolute Gasteiger partial charge is 0.407 e. The van der Waals surface area contributed by atoms with Crippen molar-refractivity contribution >= 4 is 6.09 Å². The summed E-state index contributed by atoms with van der Waals surface area (Å²) >= 11 is 0. The molecule has 2 aromatic carbocycles. The highest BCUT2D eigenvalue weighted by Crippen LogP contribution is 2.11. The third kappa shape index (κ3) is 5.17. The average Bonchev–Trinajstić information content (AvgIpc) is 2.58. The highest BCUT2D eigenvalue weighted by molar-refractivity contribution is 5.67. The molecule has 0 atom stereocenters. The first-order valence-corrected chi connectivity index (χ1v) is 6.85. The van der Waals surface area contributed by atoms with Crippen molar-refractivity contribution in [3.05, 3.63) is 65.7 Å². The minimum absolute atomic E-state index is 0.234. The number of benzene rings is 2. The van der Waals surface area contributed by atoms with Crippen LogP contribution in [-0.4, -0.2) is 19.2 Å². The molecule has 0 spiro atoms. The molecule has 0 fully saturated rings. The van der Waals surface area contributed by atoms with Gasteiger partial charge in [0, 0.05) is 0 Å².